The molecule has 1 N–H and O–H groups in total. The third-order valence-electron chi connectivity index (χ3n) is 3.13. The first-order chi connectivity index (χ1) is 11.4. The summed E-state index contributed by atoms with van der Waals surface area (Å²) < 4.78 is 4.90. The molecule has 24 heavy (non-hydrogen) atoms. The number of hydrogen-bond acceptors (Lipinski definition) is 5. The van der Waals surface area contributed by atoms with Crippen LogP contribution in [0.4, 0.5) is 5.69 Å². The number of benzene rings is 2. The number of phenols is 1. The van der Waals surface area contributed by atoms with Gasteiger partial charge in [-0.25, -0.2) is 4.79 Å². The van der Waals surface area contributed by atoms with Crippen LogP contribution in [0.3, 0.4) is 0 Å². The molecule has 0 spiro atoms. The number of esters is 1. The topological polar surface area (TPSA) is 89.7 Å². The highest BCUT2D eigenvalue weighted by molar-refractivity contribution is 5.89. The molecule has 0 saturated heterocycles. The number of aromatic hydroxyl groups is 1. The minimum Gasteiger partial charge on any atom is -0.499 e. The highest BCUT2D eigenvalue weighted by Gasteiger charge is 2.24. The van der Waals surface area contributed by atoms with Gasteiger partial charge in [-0.3, -0.25) is 10.1 Å². The lowest BCUT2D eigenvalue weighted by Gasteiger charge is -2.08. The summed E-state index contributed by atoms with van der Waals surface area (Å²) in [5.41, 5.74) is 0.625. The van der Waals surface area contributed by atoms with Crippen LogP contribution in [-0.4, -0.2) is 16.0 Å². The molecule has 0 aliphatic rings. The van der Waals surface area contributed by atoms with Crippen molar-refractivity contribution >= 4 is 23.8 Å². The Morgan fingerprint density at radius 1 is 1.21 bits per heavy atom. The molecule has 2 aromatic rings. The van der Waals surface area contributed by atoms with Crippen LogP contribution in [-0.2, 0) is 4.79 Å². The van der Waals surface area contributed by atoms with Crippen molar-refractivity contribution in [2.24, 2.45) is 0 Å². The SMILES string of the molecule is C=C(C)C(=O)Oc1ccc(/C=C/c2ccccc2)c([N+](=O)[O-])c1O. The molecule has 0 aliphatic heterocycles. The van der Waals surface area contributed by atoms with E-state index in [0.29, 0.717) is 0 Å². The number of carbonyl (C=O) groups excluding carboxylic acids is 1. The smallest absolute Gasteiger partial charge is 0.338 e. The first-order valence-corrected chi connectivity index (χ1v) is 7.01. The molecule has 0 unspecified atom stereocenters. The van der Waals surface area contributed by atoms with Crippen LogP contribution in [0.15, 0.2) is 54.6 Å². The molecule has 2 aromatic carbocycles. The van der Waals surface area contributed by atoms with Crippen LogP contribution >= 0.6 is 0 Å². The fraction of sp³-hybridized carbons (Fsp3) is 0.0556. The van der Waals surface area contributed by atoms with Crippen molar-refractivity contribution in [3.8, 4) is 11.5 Å². The van der Waals surface area contributed by atoms with Crippen molar-refractivity contribution in [1.82, 2.24) is 0 Å². The van der Waals surface area contributed by atoms with E-state index in [1.807, 2.05) is 30.3 Å². The summed E-state index contributed by atoms with van der Waals surface area (Å²) in [5.74, 6) is -1.76. The summed E-state index contributed by atoms with van der Waals surface area (Å²) in [6, 6.07) is 11.9. The summed E-state index contributed by atoms with van der Waals surface area (Å²) in [5, 5.41) is 21.4. The minimum absolute atomic E-state index is 0.116. The zero-order valence-electron chi connectivity index (χ0n) is 12.9. The Balaban J connectivity index is 2.41. The molecule has 0 saturated carbocycles. The van der Waals surface area contributed by atoms with E-state index in [1.165, 1.54) is 25.1 Å². The van der Waals surface area contributed by atoms with Gasteiger partial charge in [-0.05, 0) is 30.7 Å². The van der Waals surface area contributed by atoms with E-state index in [1.54, 1.807) is 6.08 Å². The fourth-order valence-corrected chi connectivity index (χ4v) is 1.92. The van der Waals surface area contributed by atoms with Gasteiger partial charge in [-0.2, -0.15) is 0 Å². The Hall–Kier alpha value is -3.41. The number of phenolic OH excluding ortho intramolecular Hbond substituents is 1. The van der Waals surface area contributed by atoms with Gasteiger partial charge in [0, 0.05) is 5.57 Å². The maximum Gasteiger partial charge on any atom is 0.338 e. The van der Waals surface area contributed by atoms with E-state index >= 15 is 0 Å². The second-order valence-electron chi connectivity index (χ2n) is 5.02. The van der Waals surface area contributed by atoms with Crippen LogP contribution in [0.1, 0.15) is 18.1 Å². The fourth-order valence-electron chi connectivity index (χ4n) is 1.92. The Labute approximate surface area is 138 Å². The van der Waals surface area contributed by atoms with E-state index in [9.17, 15) is 20.0 Å². The Kier molecular flexibility index (Phi) is 5.11. The number of nitrogens with zero attached hydrogens (tertiary/aromatic N) is 1. The molecule has 0 bridgehead atoms. The minimum atomic E-state index is -0.771. The van der Waals surface area contributed by atoms with Crippen molar-refractivity contribution < 1.29 is 19.6 Å². The second-order valence-corrected chi connectivity index (χ2v) is 5.02. The van der Waals surface area contributed by atoms with Crippen LogP contribution in [0.2, 0.25) is 0 Å². The standard InChI is InChI=1S/C18H15NO5/c1-12(2)18(21)24-15-11-10-14(16(17(15)20)19(22)23)9-8-13-6-4-3-5-7-13/h3-11,20H,1H2,2H3/b9-8+. The van der Waals surface area contributed by atoms with Crippen LogP contribution in [0.5, 0.6) is 11.5 Å². The van der Waals surface area contributed by atoms with Crippen LogP contribution < -0.4 is 4.74 Å². The summed E-state index contributed by atoms with van der Waals surface area (Å²) in [6.07, 6.45) is 3.19. The van der Waals surface area contributed by atoms with Gasteiger partial charge in [-0.1, -0.05) is 43.0 Å². The van der Waals surface area contributed by atoms with Gasteiger partial charge in [0.2, 0.25) is 5.75 Å². The van der Waals surface area contributed by atoms with Crippen LogP contribution in [0.25, 0.3) is 12.2 Å². The Morgan fingerprint density at radius 3 is 2.46 bits per heavy atom. The molecule has 6 nitrogen and oxygen atoms in total. The van der Waals surface area contributed by atoms with Crippen LogP contribution in [0, 0.1) is 10.1 Å². The third-order valence-corrected chi connectivity index (χ3v) is 3.13. The number of nitro benzene ring substituents is 1. The summed E-state index contributed by atoms with van der Waals surface area (Å²) in [7, 11) is 0. The number of ether oxygens (including phenoxy) is 1. The zero-order chi connectivity index (χ0) is 17.7. The maximum atomic E-state index is 11.5. The lowest BCUT2D eigenvalue weighted by Crippen LogP contribution is -2.08. The number of nitro groups is 1. The molecule has 0 radical (unpaired) electrons. The maximum absolute atomic E-state index is 11.5. The Morgan fingerprint density at radius 2 is 1.88 bits per heavy atom. The second kappa shape index (κ2) is 7.23. The normalized spacial score (nSPS) is 10.5. The summed E-state index contributed by atoms with van der Waals surface area (Å²) in [6.45, 7) is 4.85. The van der Waals surface area contributed by atoms with E-state index in [0.717, 1.165) is 5.56 Å². The molecular weight excluding hydrogens is 310 g/mol. The number of hydrogen-bond donors (Lipinski definition) is 1. The molecule has 0 aliphatic carbocycles. The molecule has 0 aromatic heterocycles. The van der Waals surface area contributed by atoms with Crippen molar-refractivity contribution in [3.05, 3.63) is 75.9 Å². The predicted molar refractivity (Wildman–Crippen MR) is 90.6 cm³/mol. The average molecular weight is 325 g/mol. The highest BCUT2D eigenvalue weighted by atomic mass is 16.6. The largest absolute Gasteiger partial charge is 0.499 e. The molecule has 122 valence electrons. The monoisotopic (exact) mass is 325 g/mol. The molecule has 6 heteroatoms. The van der Waals surface area contributed by atoms with Gasteiger partial charge in [0.15, 0.2) is 5.75 Å². The van der Waals surface area contributed by atoms with E-state index in [-0.39, 0.29) is 16.9 Å². The van der Waals surface area contributed by atoms with Gasteiger partial charge in [0.05, 0.1) is 10.5 Å². The van der Waals surface area contributed by atoms with Crippen molar-refractivity contribution in [1.29, 1.82) is 0 Å². The molecular formula is C18H15NO5. The van der Waals surface area contributed by atoms with E-state index in [4.69, 9.17) is 4.74 Å². The lowest BCUT2D eigenvalue weighted by atomic mass is 10.1. The molecule has 2 rings (SSSR count). The van der Waals surface area contributed by atoms with Gasteiger partial charge in [-0.15, -0.1) is 0 Å². The number of rotatable bonds is 5. The van der Waals surface area contributed by atoms with Gasteiger partial charge in [0.1, 0.15) is 0 Å². The molecule has 0 fully saturated rings. The Bertz CT molecular complexity index is 825. The first-order valence-electron chi connectivity index (χ1n) is 7.01. The lowest BCUT2D eigenvalue weighted by molar-refractivity contribution is -0.386. The third kappa shape index (κ3) is 3.86. The van der Waals surface area contributed by atoms with E-state index in [2.05, 4.69) is 6.58 Å². The first kappa shape index (κ1) is 17.0. The quantitative estimate of drug-likeness (QED) is 0.224. The molecule has 0 atom stereocenters. The van der Waals surface area contributed by atoms with Crippen molar-refractivity contribution in [2.75, 3.05) is 0 Å². The van der Waals surface area contributed by atoms with Gasteiger partial charge >= 0.3 is 11.7 Å². The average Bonchev–Trinajstić information content (AvgIpc) is 2.55. The summed E-state index contributed by atoms with van der Waals surface area (Å²) >= 11 is 0. The van der Waals surface area contributed by atoms with Crippen molar-refractivity contribution in [2.45, 2.75) is 6.92 Å². The predicted octanol–water partition coefficient (Wildman–Crippen LogP) is 3.95. The van der Waals surface area contributed by atoms with Gasteiger partial charge < -0.3 is 9.84 Å². The van der Waals surface area contributed by atoms with Crippen molar-refractivity contribution in [3.63, 3.8) is 0 Å². The summed E-state index contributed by atoms with van der Waals surface area (Å²) in [4.78, 5) is 22.1. The van der Waals surface area contributed by atoms with E-state index < -0.39 is 22.3 Å². The highest BCUT2D eigenvalue weighted by Crippen LogP contribution is 2.39. The zero-order valence-corrected chi connectivity index (χ0v) is 12.9. The van der Waals surface area contributed by atoms with Gasteiger partial charge in [0.25, 0.3) is 0 Å². The molecule has 0 heterocycles. The number of carbonyl (C=O) groups is 1. The molecule has 0 amide bonds.